The van der Waals surface area contributed by atoms with Crippen molar-refractivity contribution in [1.29, 1.82) is 0 Å². The summed E-state index contributed by atoms with van der Waals surface area (Å²) >= 11 is 0. The molecule has 6 heteroatoms. The van der Waals surface area contributed by atoms with Crippen molar-refractivity contribution >= 4 is 23.0 Å². The van der Waals surface area contributed by atoms with Gasteiger partial charge in [0, 0.05) is 32.5 Å². The van der Waals surface area contributed by atoms with E-state index in [0.717, 1.165) is 38.2 Å². The second-order valence-electron chi connectivity index (χ2n) is 5.62. The number of methoxy groups -OCH3 is 1. The molecule has 3 rings (SSSR count). The maximum Gasteiger partial charge on any atom is 0.161 e. The van der Waals surface area contributed by atoms with Crippen LogP contribution < -0.4 is 16.0 Å². The van der Waals surface area contributed by atoms with Gasteiger partial charge in [-0.1, -0.05) is 18.2 Å². The number of benzene rings is 1. The minimum absolute atomic E-state index is 0.599. The summed E-state index contributed by atoms with van der Waals surface area (Å²) in [7, 11) is 1.70. The topological polar surface area (TPSA) is 76.3 Å². The van der Waals surface area contributed by atoms with Crippen molar-refractivity contribution in [1.82, 2.24) is 9.97 Å². The molecule has 0 radical (unpaired) electrons. The Bertz CT molecular complexity index is 661. The van der Waals surface area contributed by atoms with Crippen molar-refractivity contribution in [3.63, 3.8) is 0 Å². The van der Waals surface area contributed by atoms with E-state index < -0.39 is 0 Å². The van der Waals surface area contributed by atoms with E-state index in [-0.39, 0.29) is 0 Å². The lowest BCUT2D eigenvalue weighted by molar-refractivity contribution is 0.198. The first kappa shape index (κ1) is 15.6. The average Bonchev–Trinajstić information content (AvgIpc) is 2.60. The standard InChI is InChI=1S/C17H23N5O/c1-23-11-5-9-19-16-15(18)17(21-12-20-16)22-10-4-7-13-6-2-3-8-14(13)22/h2-3,6,8,12H,4-5,7,9-11,18H2,1H3,(H,19,20,21). The molecule has 23 heavy (non-hydrogen) atoms. The Kier molecular flexibility index (Phi) is 4.92. The molecule has 0 fully saturated rings. The van der Waals surface area contributed by atoms with E-state index in [9.17, 15) is 0 Å². The Hall–Kier alpha value is -2.34. The Labute approximate surface area is 136 Å². The van der Waals surface area contributed by atoms with Crippen LogP contribution in [0.1, 0.15) is 18.4 Å². The van der Waals surface area contributed by atoms with E-state index in [1.54, 1.807) is 13.4 Å². The summed E-state index contributed by atoms with van der Waals surface area (Å²) in [6, 6.07) is 8.43. The summed E-state index contributed by atoms with van der Waals surface area (Å²) < 4.78 is 5.06. The first-order chi connectivity index (χ1) is 11.3. The number of aryl methyl sites for hydroxylation is 1. The molecule has 1 aliphatic rings. The van der Waals surface area contributed by atoms with E-state index in [1.807, 2.05) is 0 Å². The van der Waals surface area contributed by atoms with Gasteiger partial charge in [0.15, 0.2) is 11.6 Å². The van der Waals surface area contributed by atoms with Crippen LogP contribution in [0.4, 0.5) is 23.0 Å². The second kappa shape index (κ2) is 7.28. The predicted molar refractivity (Wildman–Crippen MR) is 93.2 cm³/mol. The molecule has 6 nitrogen and oxygen atoms in total. The number of para-hydroxylation sites is 1. The van der Waals surface area contributed by atoms with Gasteiger partial charge in [-0.25, -0.2) is 9.97 Å². The highest BCUT2D eigenvalue weighted by atomic mass is 16.5. The SMILES string of the molecule is COCCCNc1ncnc(N2CCCc3ccccc32)c1N. The van der Waals surface area contributed by atoms with Gasteiger partial charge in [0.1, 0.15) is 12.0 Å². The highest BCUT2D eigenvalue weighted by molar-refractivity contribution is 5.80. The van der Waals surface area contributed by atoms with Crippen molar-refractivity contribution in [3.8, 4) is 0 Å². The molecule has 0 atom stereocenters. The van der Waals surface area contributed by atoms with Crippen LogP contribution in [-0.4, -0.2) is 36.8 Å². The molecule has 122 valence electrons. The Balaban J connectivity index is 1.84. The normalized spacial score (nSPS) is 13.7. The highest BCUT2D eigenvalue weighted by Gasteiger charge is 2.22. The zero-order valence-corrected chi connectivity index (χ0v) is 13.5. The summed E-state index contributed by atoms with van der Waals surface area (Å²) in [6.45, 7) is 2.40. The number of fused-ring (bicyclic) bond motifs is 1. The van der Waals surface area contributed by atoms with E-state index in [0.29, 0.717) is 18.1 Å². The van der Waals surface area contributed by atoms with Gasteiger partial charge in [0.25, 0.3) is 0 Å². The Morgan fingerprint density at radius 3 is 3.04 bits per heavy atom. The number of hydrogen-bond donors (Lipinski definition) is 2. The number of aromatic nitrogens is 2. The van der Waals surface area contributed by atoms with Gasteiger partial charge in [0.2, 0.25) is 0 Å². The molecule has 0 aliphatic carbocycles. The quantitative estimate of drug-likeness (QED) is 0.798. The lowest BCUT2D eigenvalue weighted by Gasteiger charge is -2.31. The molecule has 0 amide bonds. The zero-order chi connectivity index (χ0) is 16.1. The maximum absolute atomic E-state index is 6.33. The molecule has 0 spiro atoms. The predicted octanol–water partition coefficient (Wildman–Crippen LogP) is 2.59. The molecule has 2 aromatic rings. The number of ether oxygens (including phenoxy) is 1. The fraction of sp³-hybridized carbons (Fsp3) is 0.412. The number of rotatable bonds is 6. The van der Waals surface area contributed by atoms with Gasteiger partial charge in [-0.15, -0.1) is 0 Å². The van der Waals surface area contributed by atoms with Gasteiger partial charge < -0.3 is 20.7 Å². The molecule has 0 saturated carbocycles. The lowest BCUT2D eigenvalue weighted by Crippen LogP contribution is -2.26. The fourth-order valence-electron chi connectivity index (χ4n) is 2.92. The van der Waals surface area contributed by atoms with Crippen molar-refractivity contribution in [2.24, 2.45) is 0 Å². The van der Waals surface area contributed by atoms with E-state index in [4.69, 9.17) is 10.5 Å². The van der Waals surface area contributed by atoms with Crippen LogP contribution in [0.15, 0.2) is 30.6 Å². The molecular weight excluding hydrogens is 290 g/mol. The van der Waals surface area contributed by atoms with E-state index in [1.165, 1.54) is 11.3 Å². The number of anilines is 4. The summed E-state index contributed by atoms with van der Waals surface area (Å²) in [5.74, 6) is 1.47. The smallest absolute Gasteiger partial charge is 0.161 e. The number of hydrogen-bond acceptors (Lipinski definition) is 6. The highest BCUT2D eigenvalue weighted by Crippen LogP contribution is 2.36. The third-order valence-corrected chi connectivity index (χ3v) is 4.05. The third-order valence-electron chi connectivity index (χ3n) is 4.05. The molecule has 1 aliphatic heterocycles. The van der Waals surface area contributed by atoms with Crippen LogP contribution in [0.3, 0.4) is 0 Å². The van der Waals surface area contributed by atoms with Crippen molar-refractivity contribution in [2.75, 3.05) is 42.8 Å². The Morgan fingerprint density at radius 1 is 1.30 bits per heavy atom. The summed E-state index contributed by atoms with van der Waals surface area (Å²) in [5, 5.41) is 3.27. The molecule has 3 N–H and O–H groups in total. The molecule has 0 saturated heterocycles. The number of nitrogen functional groups attached to an aromatic ring is 1. The van der Waals surface area contributed by atoms with Crippen LogP contribution in [0.5, 0.6) is 0 Å². The number of nitrogens with two attached hydrogens (primary N) is 1. The summed E-state index contributed by atoms with van der Waals surface area (Å²) in [5.41, 5.74) is 9.45. The van der Waals surface area contributed by atoms with Crippen molar-refractivity contribution < 1.29 is 4.74 Å². The fourth-order valence-corrected chi connectivity index (χ4v) is 2.92. The van der Waals surface area contributed by atoms with E-state index >= 15 is 0 Å². The summed E-state index contributed by atoms with van der Waals surface area (Å²) in [6.07, 6.45) is 4.67. The molecule has 2 heterocycles. The van der Waals surface area contributed by atoms with Crippen LogP contribution in [0.25, 0.3) is 0 Å². The number of nitrogens with one attached hydrogen (secondary N) is 1. The molecule has 1 aromatic heterocycles. The monoisotopic (exact) mass is 313 g/mol. The van der Waals surface area contributed by atoms with Crippen molar-refractivity contribution in [2.45, 2.75) is 19.3 Å². The van der Waals surface area contributed by atoms with Gasteiger partial charge in [0.05, 0.1) is 0 Å². The average molecular weight is 313 g/mol. The van der Waals surface area contributed by atoms with Crippen LogP contribution in [0, 0.1) is 0 Å². The van der Waals surface area contributed by atoms with Gasteiger partial charge in [-0.2, -0.15) is 0 Å². The first-order valence-corrected chi connectivity index (χ1v) is 8.00. The van der Waals surface area contributed by atoms with Crippen LogP contribution in [0.2, 0.25) is 0 Å². The minimum atomic E-state index is 0.599. The largest absolute Gasteiger partial charge is 0.393 e. The van der Waals surface area contributed by atoms with Crippen molar-refractivity contribution in [3.05, 3.63) is 36.2 Å². The van der Waals surface area contributed by atoms with Gasteiger partial charge in [-0.3, -0.25) is 0 Å². The van der Waals surface area contributed by atoms with Crippen LogP contribution in [-0.2, 0) is 11.2 Å². The first-order valence-electron chi connectivity index (χ1n) is 8.00. The van der Waals surface area contributed by atoms with E-state index in [2.05, 4.69) is 44.5 Å². The minimum Gasteiger partial charge on any atom is -0.393 e. The molecular formula is C17H23N5O. The zero-order valence-electron chi connectivity index (χ0n) is 13.5. The maximum atomic E-state index is 6.33. The van der Waals surface area contributed by atoms with Crippen LogP contribution >= 0.6 is 0 Å². The lowest BCUT2D eigenvalue weighted by atomic mass is 10.0. The number of nitrogens with zero attached hydrogens (tertiary/aromatic N) is 3. The third kappa shape index (κ3) is 3.37. The molecule has 0 unspecified atom stereocenters. The summed E-state index contributed by atoms with van der Waals surface area (Å²) in [4.78, 5) is 10.9. The molecule has 1 aromatic carbocycles. The molecule has 0 bridgehead atoms. The van der Waals surface area contributed by atoms with Gasteiger partial charge in [-0.05, 0) is 30.9 Å². The van der Waals surface area contributed by atoms with Gasteiger partial charge >= 0.3 is 0 Å². The Morgan fingerprint density at radius 2 is 2.17 bits per heavy atom. The second-order valence-corrected chi connectivity index (χ2v) is 5.62.